The van der Waals surface area contributed by atoms with Gasteiger partial charge in [-0.3, -0.25) is 0 Å². The van der Waals surface area contributed by atoms with Crippen molar-refractivity contribution >= 4 is 11.3 Å². The van der Waals surface area contributed by atoms with Crippen LogP contribution in [0.1, 0.15) is 18.7 Å². The van der Waals surface area contributed by atoms with E-state index in [1.165, 1.54) is 0 Å². The van der Waals surface area contributed by atoms with Gasteiger partial charge in [-0.1, -0.05) is 18.2 Å². The van der Waals surface area contributed by atoms with Gasteiger partial charge in [0.1, 0.15) is 5.01 Å². The number of nitrogens with one attached hydrogen (secondary N) is 1. The molecule has 5 heteroatoms. The second kappa shape index (κ2) is 5.56. The molecule has 2 aromatic heterocycles. The summed E-state index contributed by atoms with van der Waals surface area (Å²) in [6.45, 7) is 2.10. The van der Waals surface area contributed by atoms with Crippen LogP contribution in [0.3, 0.4) is 0 Å². The van der Waals surface area contributed by atoms with E-state index in [9.17, 15) is 0 Å². The van der Waals surface area contributed by atoms with Crippen molar-refractivity contribution in [3.8, 4) is 16.3 Å². The Kier molecular flexibility index (Phi) is 3.62. The van der Waals surface area contributed by atoms with E-state index < -0.39 is 0 Å². The minimum absolute atomic E-state index is 0.268. The molecule has 1 aromatic carbocycles. The van der Waals surface area contributed by atoms with Gasteiger partial charge in [0.25, 0.3) is 0 Å². The van der Waals surface area contributed by atoms with Gasteiger partial charge in [-0.2, -0.15) is 5.10 Å². The van der Waals surface area contributed by atoms with Crippen LogP contribution in [-0.4, -0.2) is 21.8 Å². The fourth-order valence-corrected chi connectivity index (χ4v) is 2.81. The number of nitrogens with zero attached hydrogens (tertiary/aromatic N) is 3. The molecule has 3 aromatic rings. The lowest BCUT2D eigenvalue weighted by atomic mass is 10.3. The molecule has 102 valence electrons. The Labute approximate surface area is 122 Å². The molecule has 1 N–H and O–H groups in total. The highest BCUT2D eigenvalue weighted by molar-refractivity contribution is 7.13. The first-order valence-electron chi connectivity index (χ1n) is 6.51. The van der Waals surface area contributed by atoms with Crippen LogP contribution in [0.5, 0.6) is 0 Å². The van der Waals surface area contributed by atoms with Crippen molar-refractivity contribution in [1.29, 1.82) is 0 Å². The molecule has 0 radical (unpaired) electrons. The van der Waals surface area contributed by atoms with E-state index >= 15 is 0 Å². The molecule has 0 bridgehead atoms. The molecule has 0 aliphatic carbocycles. The molecule has 0 spiro atoms. The standard InChI is InChI=1S/C15H16N4S/c1-11(16-2)14-10-20-15(18-14)12-8-17-19(9-12)13-6-4-3-5-7-13/h3-11,16H,1-2H3. The first-order chi connectivity index (χ1) is 9.78. The fraction of sp³-hybridized carbons (Fsp3) is 0.200. The second-order valence-corrected chi connectivity index (χ2v) is 5.46. The number of aromatic nitrogens is 3. The Hall–Kier alpha value is -1.98. The number of hydrogen-bond acceptors (Lipinski definition) is 4. The molecule has 0 aliphatic rings. The Morgan fingerprint density at radius 3 is 2.80 bits per heavy atom. The molecule has 1 unspecified atom stereocenters. The van der Waals surface area contributed by atoms with Crippen molar-refractivity contribution in [2.24, 2.45) is 0 Å². The van der Waals surface area contributed by atoms with Crippen molar-refractivity contribution in [2.45, 2.75) is 13.0 Å². The zero-order valence-electron chi connectivity index (χ0n) is 11.4. The monoisotopic (exact) mass is 284 g/mol. The van der Waals surface area contributed by atoms with E-state index in [1.54, 1.807) is 11.3 Å². The summed E-state index contributed by atoms with van der Waals surface area (Å²) in [4.78, 5) is 4.66. The third-order valence-corrected chi connectivity index (χ3v) is 4.16. The minimum Gasteiger partial charge on any atom is -0.312 e. The van der Waals surface area contributed by atoms with Crippen molar-refractivity contribution in [1.82, 2.24) is 20.1 Å². The quantitative estimate of drug-likeness (QED) is 0.799. The number of rotatable bonds is 4. The van der Waals surface area contributed by atoms with Gasteiger partial charge >= 0.3 is 0 Å². The fourth-order valence-electron chi connectivity index (χ4n) is 1.92. The van der Waals surface area contributed by atoms with Gasteiger partial charge in [0.05, 0.1) is 17.6 Å². The summed E-state index contributed by atoms with van der Waals surface area (Å²) in [5, 5.41) is 10.7. The maximum atomic E-state index is 4.66. The highest BCUT2D eigenvalue weighted by Gasteiger charge is 2.11. The molecule has 3 rings (SSSR count). The molecule has 0 amide bonds. The van der Waals surface area contributed by atoms with Crippen molar-refractivity contribution in [2.75, 3.05) is 7.05 Å². The number of para-hydroxylation sites is 1. The van der Waals surface area contributed by atoms with E-state index in [-0.39, 0.29) is 6.04 Å². The average molecular weight is 284 g/mol. The lowest BCUT2D eigenvalue weighted by Crippen LogP contribution is -2.12. The van der Waals surface area contributed by atoms with Gasteiger partial charge in [-0.15, -0.1) is 11.3 Å². The van der Waals surface area contributed by atoms with Crippen molar-refractivity contribution < 1.29 is 0 Å². The van der Waals surface area contributed by atoms with Crippen LogP contribution in [0, 0.1) is 0 Å². The molecule has 0 aliphatic heterocycles. The molecule has 0 saturated carbocycles. The number of thiazole rings is 1. The average Bonchev–Trinajstić information content (AvgIpc) is 3.16. The Morgan fingerprint density at radius 1 is 1.25 bits per heavy atom. The highest BCUT2D eigenvalue weighted by Crippen LogP contribution is 2.26. The molecular formula is C15H16N4S. The largest absolute Gasteiger partial charge is 0.312 e. The summed E-state index contributed by atoms with van der Waals surface area (Å²) < 4.78 is 1.87. The minimum atomic E-state index is 0.268. The lowest BCUT2D eigenvalue weighted by Gasteiger charge is -2.04. The van der Waals surface area contributed by atoms with Crippen LogP contribution < -0.4 is 5.32 Å². The summed E-state index contributed by atoms with van der Waals surface area (Å²) in [6, 6.07) is 10.4. The molecule has 20 heavy (non-hydrogen) atoms. The van der Waals surface area contributed by atoms with E-state index in [2.05, 4.69) is 27.7 Å². The predicted molar refractivity (Wildman–Crippen MR) is 82.1 cm³/mol. The van der Waals surface area contributed by atoms with Crippen molar-refractivity contribution in [3.63, 3.8) is 0 Å². The molecule has 0 saturated heterocycles. The maximum Gasteiger partial charge on any atom is 0.126 e. The normalized spacial score (nSPS) is 12.5. The van der Waals surface area contributed by atoms with Gasteiger partial charge in [-0.05, 0) is 26.1 Å². The maximum absolute atomic E-state index is 4.66. The molecular weight excluding hydrogens is 268 g/mol. The SMILES string of the molecule is CNC(C)c1csc(-c2cnn(-c3ccccc3)c2)n1. The third-order valence-electron chi connectivity index (χ3n) is 3.25. The Balaban J connectivity index is 1.89. The van der Waals surface area contributed by atoms with Crippen LogP contribution in [-0.2, 0) is 0 Å². The number of benzene rings is 1. The van der Waals surface area contributed by atoms with Crippen LogP contribution in [0.4, 0.5) is 0 Å². The summed E-state index contributed by atoms with van der Waals surface area (Å²) in [7, 11) is 1.94. The van der Waals surface area contributed by atoms with E-state index in [1.807, 2.05) is 54.5 Å². The van der Waals surface area contributed by atoms with Crippen LogP contribution >= 0.6 is 11.3 Å². The van der Waals surface area contributed by atoms with Gasteiger partial charge in [0, 0.05) is 23.2 Å². The van der Waals surface area contributed by atoms with E-state index in [4.69, 9.17) is 0 Å². The van der Waals surface area contributed by atoms with Gasteiger partial charge in [-0.25, -0.2) is 9.67 Å². The van der Waals surface area contributed by atoms with E-state index in [0.29, 0.717) is 0 Å². The van der Waals surface area contributed by atoms with Gasteiger partial charge < -0.3 is 5.32 Å². The zero-order chi connectivity index (χ0) is 13.9. The highest BCUT2D eigenvalue weighted by atomic mass is 32.1. The summed E-state index contributed by atoms with van der Waals surface area (Å²) in [5.41, 5.74) is 3.17. The van der Waals surface area contributed by atoms with Crippen LogP contribution in [0.2, 0.25) is 0 Å². The molecule has 4 nitrogen and oxygen atoms in total. The van der Waals surface area contributed by atoms with Gasteiger partial charge in [0.2, 0.25) is 0 Å². The topological polar surface area (TPSA) is 42.7 Å². The predicted octanol–water partition coefficient (Wildman–Crippen LogP) is 3.28. The van der Waals surface area contributed by atoms with Crippen molar-refractivity contribution in [3.05, 3.63) is 53.8 Å². The first-order valence-corrected chi connectivity index (χ1v) is 7.39. The first kappa shape index (κ1) is 13.0. The molecule has 2 heterocycles. The van der Waals surface area contributed by atoms with Crippen LogP contribution in [0.15, 0.2) is 48.1 Å². The summed E-state index contributed by atoms with van der Waals surface area (Å²) in [5.74, 6) is 0. The molecule has 1 atom stereocenters. The Bertz CT molecular complexity index is 687. The van der Waals surface area contributed by atoms with Crippen LogP contribution in [0.25, 0.3) is 16.3 Å². The second-order valence-electron chi connectivity index (χ2n) is 4.60. The third kappa shape index (κ3) is 2.50. The van der Waals surface area contributed by atoms with E-state index in [0.717, 1.165) is 22.0 Å². The lowest BCUT2D eigenvalue weighted by molar-refractivity contribution is 0.637. The number of hydrogen-bond donors (Lipinski definition) is 1. The summed E-state index contributed by atoms with van der Waals surface area (Å²) >= 11 is 1.65. The summed E-state index contributed by atoms with van der Waals surface area (Å²) in [6.07, 6.45) is 3.88. The zero-order valence-corrected chi connectivity index (χ0v) is 12.3. The Morgan fingerprint density at radius 2 is 2.05 bits per heavy atom. The van der Waals surface area contributed by atoms with Gasteiger partial charge in [0.15, 0.2) is 0 Å². The molecule has 0 fully saturated rings. The smallest absolute Gasteiger partial charge is 0.126 e.